The zero-order valence-electron chi connectivity index (χ0n) is 20.0. The number of benzene rings is 1. The second-order valence-electron chi connectivity index (χ2n) is 9.15. The lowest BCUT2D eigenvalue weighted by Crippen LogP contribution is -2.46. The summed E-state index contributed by atoms with van der Waals surface area (Å²) in [5.41, 5.74) is 6.72. The molecule has 1 aromatic heterocycles. The third kappa shape index (κ3) is 7.63. The molecule has 1 saturated heterocycles. The highest BCUT2D eigenvalue weighted by Crippen LogP contribution is 2.40. The Morgan fingerprint density at radius 2 is 1.92 bits per heavy atom. The van der Waals surface area contributed by atoms with Crippen LogP contribution in [0.3, 0.4) is 0 Å². The number of alkyl halides is 4. The summed E-state index contributed by atoms with van der Waals surface area (Å²) >= 11 is 6.26. The van der Waals surface area contributed by atoms with Crippen molar-refractivity contribution in [3.05, 3.63) is 29.1 Å². The van der Waals surface area contributed by atoms with Crippen molar-refractivity contribution in [2.24, 2.45) is 11.7 Å². The van der Waals surface area contributed by atoms with Crippen LogP contribution < -0.4 is 5.73 Å². The van der Waals surface area contributed by atoms with Crippen LogP contribution >= 0.6 is 11.6 Å². The van der Waals surface area contributed by atoms with E-state index in [1.807, 2.05) is 0 Å². The normalized spacial score (nSPS) is 19.4. The monoisotopic (exact) mass is 584 g/mol. The lowest BCUT2D eigenvalue weighted by atomic mass is 9.93. The maximum Gasteiger partial charge on any atom is 0.490 e. The molecule has 38 heavy (non-hydrogen) atoms. The number of halogens is 5. The van der Waals surface area contributed by atoms with Gasteiger partial charge in [-0.1, -0.05) is 29.6 Å². The molecule has 2 heterocycles. The SMILES string of the molecule is CS(=O)(=O)c1ccc(-c2noc([C@@H](CC3CC3)[C@H](N)C(=O)N3CC[C@H](F)C3)n2)c(Cl)c1.O=C(O)C(F)(F)F. The van der Waals surface area contributed by atoms with Gasteiger partial charge in [0, 0.05) is 18.4 Å². The minimum Gasteiger partial charge on any atom is -0.475 e. The van der Waals surface area contributed by atoms with Crippen molar-refractivity contribution in [3.63, 3.8) is 0 Å². The van der Waals surface area contributed by atoms with E-state index in [9.17, 15) is 30.8 Å². The van der Waals surface area contributed by atoms with Gasteiger partial charge in [0.2, 0.25) is 17.6 Å². The Hall–Kier alpha value is -2.78. The van der Waals surface area contributed by atoms with Crippen LogP contribution in [0.15, 0.2) is 27.6 Å². The summed E-state index contributed by atoms with van der Waals surface area (Å²) in [6.45, 7) is 0.404. The van der Waals surface area contributed by atoms with Crippen molar-refractivity contribution in [2.75, 3.05) is 19.3 Å². The highest BCUT2D eigenvalue weighted by molar-refractivity contribution is 7.90. The third-order valence-corrected chi connectivity index (χ3v) is 7.48. The molecule has 3 N–H and O–H groups in total. The number of carbonyl (C=O) groups excluding carboxylic acids is 1. The standard InChI is InChI=1S/C20H24ClFN4O4S.C2HF3O2/c1-31(28,29)13-4-5-14(16(21)9-13)18-24-19(30-25-18)15(8-11-2-3-11)17(23)20(27)26-7-6-12(22)10-26;3-2(4,5)1(6)7/h4-5,9,11-12,15,17H,2-3,6-8,10,23H2,1H3;(H,6,7)/t12-,15-,17-;/m0./s1. The van der Waals surface area contributed by atoms with Crippen LogP contribution in [0.1, 0.15) is 37.5 Å². The van der Waals surface area contributed by atoms with Crippen molar-refractivity contribution in [2.45, 2.75) is 54.9 Å². The highest BCUT2D eigenvalue weighted by atomic mass is 35.5. The molecule has 1 aliphatic heterocycles. The summed E-state index contributed by atoms with van der Waals surface area (Å²) in [7, 11) is -3.41. The Labute approximate surface area is 220 Å². The van der Waals surface area contributed by atoms with Gasteiger partial charge < -0.3 is 20.3 Å². The number of likely N-dealkylation sites (tertiary alicyclic amines) is 1. The molecule has 1 aromatic carbocycles. The molecule has 1 aliphatic carbocycles. The average Bonchev–Trinajstić information content (AvgIpc) is 3.32. The van der Waals surface area contributed by atoms with Gasteiger partial charge in [-0.25, -0.2) is 17.6 Å². The zero-order valence-corrected chi connectivity index (χ0v) is 21.6. The fraction of sp³-hybridized carbons (Fsp3) is 0.545. The molecule has 0 bridgehead atoms. The molecule has 1 amide bonds. The Morgan fingerprint density at radius 1 is 1.29 bits per heavy atom. The fourth-order valence-corrected chi connectivity index (χ4v) is 4.79. The van der Waals surface area contributed by atoms with Crippen LogP contribution in [-0.4, -0.2) is 78.2 Å². The van der Waals surface area contributed by atoms with E-state index in [4.69, 9.17) is 31.8 Å². The van der Waals surface area contributed by atoms with E-state index in [-0.39, 0.29) is 34.1 Å². The van der Waals surface area contributed by atoms with Gasteiger partial charge in [0.25, 0.3) is 0 Å². The second kappa shape index (κ2) is 11.5. The number of nitrogens with zero attached hydrogens (tertiary/aromatic N) is 3. The summed E-state index contributed by atoms with van der Waals surface area (Å²) in [6, 6.07) is 3.35. The number of carboxylic acids is 1. The Morgan fingerprint density at radius 3 is 2.39 bits per heavy atom. The largest absolute Gasteiger partial charge is 0.490 e. The minimum absolute atomic E-state index is 0.0556. The van der Waals surface area contributed by atoms with Crippen molar-refractivity contribution < 1.29 is 45.2 Å². The Bertz CT molecular complexity index is 1280. The number of nitrogens with two attached hydrogens (primary N) is 1. The van der Waals surface area contributed by atoms with E-state index in [1.165, 1.54) is 23.1 Å². The molecule has 2 aliphatic rings. The van der Waals surface area contributed by atoms with Gasteiger partial charge in [-0.3, -0.25) is 4.79 Å². The van der Waals surface area contributed by atoms with Crippen molar-refractivity contribution in [1.82, 2.24) is 15.0 Å². The first kappa shape index (κ1) is 29.8. The topological polar surface area (TPSA) is 157 Å². The molecule has 210 valence electrons. The predicted octanol–water partition coefficient (Wildman–Crippen LogP) is 3.21. The van der Waals surface area contributed by atoms with Gasteiger partial charge in [0.1, 0.15) is 6.17 Å². The second-order valence-corrected chi connectivity index (χ2v) is 11.6. The average molecular weight is 585 g/mol. The number of aromatic nitrogens is 2. The van der Waals surface area contributed by atoms with Crippen LogP contribution in [0.25, 0.3) is 11.4 Å². The number of amides is 1. The van der Waals surface area contributed by atoms with Crippen molar-refractivity contribution in [3.8, 4) is 11.4 Å². The van der Waals surface area contributed by atoms with Gasteiger partial charge in [0.05, 0.1) is 28.4 Å². The molecule has 0 radical (unpaired) electrons. The molecular formula is C22H25ClF4N4O6S. The number of aliphatic carboxylic acids is 1. The first-order chi connectivity index (χ1) is 17.6. The maximum absolute atomic E-state index is 13.5. The fourth-order valence-electron chi connectivity index (χ4n) is 3.82. The summed E-state index contributed by atoms with van der Waals surface area (Å²) in [5.74, 6) is -2.72. The number of carboxylic acid groups (broad SMARTS) is 1. The van der Waals surface area contributed by atoms with E-state index < -0.39 is 40.1 Å². The summed E-state index contributed by atoms with van der Waals surface area (Å²) in [4.78, 5) is 27.7. The van der Waals surface area contributed by atoms with Gasteiger partial charge in [-0.15, -0.1) is 0 Å². The van der Waals surface area contributed by atoms with E-state index >= 15 is 0 Å². The van der Waals surface area contributed by atoms with Gasteiger partial charge in [-0.2, -0.15) is 18.2 Å². The van der Waals surface area contributed by atoms with Crippen LogP contribution in [0.4, 0.5) is 17.6 Å². The number of sulfone groups is 1. The van der Waals surface area contributed by atoms with Crippen molar-refractivity contribution >= 4 is 33.3 Å². The molecule has 10 nitrogen and oxygen atoms in total. The van der Waals surface area contributed by atoms with Crippen LogP contribution in [-0.2, 0) is 19.4 Å². The number of hydrogen-bond donors (Lipinski definition) is 2. The van der Waals surface area contributed by atoms with Crippen LogP contribution in [0.2, 0.25) is 5.02 Å². The van der Waals surface area contributed by atoms with E-state index in [0.717, 1.165) is 19.1 Å². The summed E-state index contributed by atoms with van der Waals surface area (Å²) in [6.07, 6.45) is -1.97. The van der Waals surface area contributed by atoms with E-state index in [0.29, 0.717) is 30.9 Å². The zero-order chi connectivity index (χ0) is 28.4. The number of rotatable bonds is 7. The van der Waals surface area contributed by atoms with E-state index in [1.54, 1.807) is 0 Å². The molecule has 4 rings (SSSR count). The molecule has 2 fully saturated rings. The molecule has 0 spiro atoms. The van der Waals surface area contributed by atoms with Gasteiger partial charge >= 0.3 is 12.1 Å². The first-order valence-corrected chi connectivity index (χ1v) is 13.7. The quantitative estimate of drug-likeness (QED) is 0.466. The Balaban J connectivity index is 0.000000505. The molecular weight excluding hydrogens is 560 g/mol. The lowest BCUT2D eigenvalue weighted by Gasteiger charge is -2.25. The molecule has 1 saturated carbocycles. The predicted molar refractivity (Wildman–Crippen MR) is 126 cm³/mol. The van der Waals surface area contributed by atoms with Crippen molar-refractivity contribution in [1.29, 1.82) is 0 Å². The minimum atomic E-state index is -5.08. The lowest BCUT2D eigenvalue weighted by molar-refractivity contribution is -0.192. The molecule has 2 aromatic rings. The third-order valence-electron chi connectivity index (χ3n) is 6.06. The molecule has 16 heteroatoms. The number of hydrogen-bond acceptors (Lipinski definition) is 8. The number of carbonyl (C=O) groups is 2. The molecule has 3 atom stereocenters. The molecule has 0 unspecified atom stereocenters. The summed E-state index contributed by atoms with van der Waals surface area (Å²) in [5, 5.41) is 11.3. The van der Waals surface area contributed by atoms with Crippen LogP contribution in [0, 0.1) is 5.92 Å². The highest BCUT2D eigenvalue weighted by Gasteiger charge is 2.40. The maximum atomic E-state index is 13.5. The summed E-state index contributed by atoms with van der Waals surface area (Å²) < 4.78 is 74.2. The van der Waals surface area contributed by atoms with Crippen LogP contribution in [0.5, 0.6) is 0 Å². The van der Waals surface area contributed by atoms with Gasteiger partial charge in [-0.05, 0) is 37.0 Å². The van der Waals surface area contributed by atoms with E-state index in [2.05, 4.69) is 10.1 Å². The smallest absolute Gasteiger partial charge is 0.475 e. The van der Waals surface area contributed by atoms with Gasteiger partial charge in [0.15, 0.2) is 9.84 Å². The first-order valence-electron chi connectivity index (χ1n) is 11.4. The Kier molecular flexibility index (Phi) is 9.04.